The van der Waals surface area contributed by atoms with Crippen LogP contribution in [0.15, 0.2) is 58.7 Å². The van der Waals surface area contributed by atoms with Crippen molar-refractivity contribution in [3.8, 4) is 0 Å². The average Bonchev–Trinajstić information content (AvgIpc) is 3.63. The third-order valence-corrected chi connectivity index (χ3v) is 6.61. The summed E-state index contributed by atoms with van der Waals surface area (Å²) in [6.45, 7) is 0.0278. The number of nitrogens with zero attached hydrogens (tertiary/aromatic N) is 2. The molecule has 1 aliphatic rings. The summed E-state index contributed by atoms with van der Waals surface area (Å²) in [7, 11) is 0. The molecule has 1 aliphatic carbocycles. The molecule has 3 aromatic rings. The van der Waals surface area contributed by atoms with Crippen LogP contribution in [0.25, 0.3) is 0 Å². The number of halogens is 1. The molecule has 0 spiro atoms. The van der Waals surface area contributed by atoms with Gasteiger partial charge >= 0.3 is 0 Å². The third-order valence-electron chi connectivity index (χ3n) is 5.92. The van der Waals surface area contributed by atoms with Crippen molar-refractivity contribution in [2.45, 2.75) is 57.2 Å². The second-order valence-corrected chi connectivity index (χ2v) is 9.33. The zero-order chi connectivity index (χ0) is 24.6. The Morgan fingerprint density at radius 3 is 2.57 bits per heavy atom. The van der Waals surface area contributed by atoms with Gasteiger partial charge < -0.3 is 20.0 Å². The molecular weight excluding hydrogens is 471 g/mol. The van der Waals surface area contributed by atoms with E-state index in [9.17, 15) is 18.8 Å². The monoisotopic (exact) mass is 498 g/mol. The minimum atomic E-state index is -1.00. The first-order chi connectivity index (χ1) is 17.0. The van der Waals surface area contributed by atoms with Gasteiger partial charge in [-0.1, -0.05) is 25.0 Å². The SMILES string of the molecule is O=C(CCC(=O)N(Cc1ccco1)C(C(=O)NC1CCCC1)c1ccc(F)cc1)Nc1nccs1. The number of carbonyl (C=O) groups excluding carboxylic acids is 3. The Morgan fingerprint density at radius 2 is 1.91 bits per heavy atom. The summed E-state index contributed by atoms with van der Waals surface area (Å²) in [6.07, 6.45) is 6.71. The fourth-order valence-electron chi connectivity index (χ4n) is 4.19. The van der Waals surface area contributed by atoms with E-state index in [1.807, 2.05) is 0 Å². The molecule has 1 unspecified atom stereocenters. The average molecular weight is 499 g/mol. The van der Waals surface area contributed by atoms with E-state index in [4.69, 9.17) is 4.42 Å². The van der Waals surface area contributed by atoms with E-state index in [1.54, 1.807) is 23.7 Å². The minimum absolute atomic E-state index is 0.0278. The van der Waals surface area contributed by atoms with E-state index in [0.29, 0.717) is 16.5 Å². The summed E-state index contributed by atoms with van der Waals surface area (Å²) in [5, 5.41) is 7.91. The molecule has 1 atom stereocenters. The molecular formula is C25H27FN4O4S. The van der Waals surface area contributed by atoms with Crippen LogP contribution in [0, 0.1) is 5.82 Å². The van der Waals surface area contributed by atoms with Crippen molar-refractivity contribution < 1.29 is 23.2 Å². The highest BCUT2D eigenvalue weighted by Crippen LogP contribution is 2.27. The summed E-state index contributed by atoms with van der Waals surface area (Å²) in [4.78, 5) is 44.7. The van der Waals surface area contributed by atoms with Gasteiger partial charge in [0.15, 0.2) is 5.13 Å². The normalized spacial score (nSPS) is 14.4. The van der Waals surface area contributed by atoms with Crippen LogP contribution in [-0.2, 0) is 20.9 Å². The quantitative estimate of drug-likeness (QED) is 0.431. The van der Waals surface area contributed by atoms with Gasteiger partial charge in [0.1, 0.15) is 17.6 Å². The number of hydrogen-bond donors (Lipinski definition) is 2. The molecule has 35 heavy (non-hydrogen) atoms. The molecule has 2 N–H and O–H groups in total. The third kappa shape index (κ3) is 6.75. The van der Waals surface area contributed by atoms with Gasteiger partial charge in [-0.05, 0) is 42.7 Å². The van der Waals surface area contributed by atoms with E-state index in [2.05, 4.69) is 15.6 Å². The van der Waals surface area contributed by atoms with Crippen molar-refractivity contribution in [2.75, 3.05) is 5.32 Å². The molecule has 184 valence electrons. The number of benzene rings is 1. The summed E-state index contributed by atoms with van der Waals surface area (Å²) in [5.74, 6) is -1.03. The lowest BCUT2D eigenvalue weighted by molar-refractivity contribution is -0.142. The lowest BCUT2D eigenvalue weighted by atomic mass is 10.0. The Hall–Kier alpha value is -3.53. The maximum Gasteiger partial charge on any atom is 0.247 e. The van der Waals surface area contributed by atoms with Crippen molar-refractivity contribution in [3.05, 3.63) is 71.4 Å². The zero-order valence-corrected chi connectivity index (χ0v) is 19.9. The number of amides is 3. The van der Waals surface area contributed by atoms with Crippen LogP contribution in [0.4, 0.5) is 9.52 Å². The van der Waals surface area contributed by atoms with Crippen LogP contribution in [0.2, 0.25) is 0 Å². The second-order valence-electron chi connectivity index (χ2n) is 8.43. The molecule has 0 radical (unpaired) electrons. The highest BCUT2D eigenvalue weighted by molar-refractivity contribution is 7.13. The Morgan fingerprint density at radius 1 is 1.14 bits per heavy atom. The molecule has 2 heterocycles. The molecule has 0 aliphatic heterocycles. The summed E-state index contributed by atoms with van der Waals surface area (Å²) in [5.41, 5.74) is 0.481. The van der Waals surface area contributed by atoms with Crippen molar-refractivity contribution in [3.63, 3.8) is 0 Å². The highest BCUT2D eigenvalue weighted by atomic mass is 32.1. The van der Waals surface area contributed by atoms with Gasteiger partial charge in [0.05, 0.1) is 12.8 Å². The molecule has 1 fully saturated rings. The molecule has 0 saturated heterocycles. The summed E-state index contributed by atoms with van der Waals surface area (Å²) in [6, 6.07) is 7.99. The summed E-state index contributed by atoms with van der Waals surface area (Å²) >= 11 is 1.28. The number of carbonyl (C=O) groups is 3. The lowest BCUT2D eigenvalue weighted by Gasteiger charge is -2.32. The smallest absolute Gasteiger partial charge is 0.247 e. The fourth-order valence-corrected chi connectivity index (χ4v) is 4.74. The first-order valence-electron chi connectivity index (χ1n) is 11.6. The zero-order valence-electron chi connectivity index (χ0n) is 19.1. The number of aromatic nitrogens is 1. The number of nitrogens with one attached hydrogen (secondary N) is 2. The standard InChI is InChI=1S/C25H27FN4O4S/c26-18-9-7-17(8-10-18)23(24(33)28-19-4-1-2-5-19)30(16-20-6-3-14-34-20)22(32)12-11-21(31)29-25-27-13-15-35-25/h3,6-10,13-15,19,23H,1-2,4-5,11-12,16H2,(H,28,33)(H,27,29,31). The minimum Gasteiger partial charge on any atom is -0.467 e. The second kappa shape index (κ2) is 11.7. The van der Waals surface area contributed by atoms with Gasteiger partial charge in [0, 0.05) is 30.5 Å². The number of thiazole rings is 1. The predicted octanol–water partition coefficient (Wildman–Crippen LogP) is 4.42. The molecule has 8 nitrogen and oxygen atoms in total. The van der Waals surface area contributed by atoms with Gasteiger partial charge in [-0.3, -0.25) is 14.4 Å². The van der Waals surface area contributed by atoms with Crippen LogP contribution >= 0.6 is 11.3 Å². The van der Waals surface area contributed by atoms with Crippen LogP contribution in [0.3, 0.4) is 0 Å². The van der Waals surface area contributed by atoms with Crippen LogP contribution in [0.1, 0.15) is 55.9 Å². The highest BCUT2D eigenvalue weighted by Gasteiger charge is 2.33. The van der Waals surface area contributed by atoms with E-state index in [0.717, 1.165) is 25.7 Å². The van der Waals surface area contributed by atoms with Gasteiger partial charge in [0.2, 0.25) is 17.7 Å². The molecule has 10 heteroatoms. The molecule has 2 aromatic heterocycles. The van der Waals surface area contributed by atoms with Gasteiger partial charge in [-0.2, -0.15) is 0 Å². The number of hydrogen-bond acceptors (Lipinski definition) is 6. The molecule has 4 rings (SSSR count). The van der Waals surface area contributed by atoms with E-state index in [1.165, 1.54) is 46.8 Å². The molecule has 1 saturated carbocycles. The first kappa shape index (κ1) is 24.6. The van der Waals surface area contributed by atoms with E-state index >= 15 is 0 Å². The maximum absolute atomic E-state index is 13.7. The Kier molecular flexibility index (Phi) is 8.25. The number of rotatable bonds is 10. The Labute approximate surface area is 206 Å². The fraction of sp³-hybridized carbons (Fsp3) is 0.360. The maximum atomic E-state index is 13.7. The van der Waals surface area contributed by atoms with Crippen LogP contribution < -0.4 is 10.6 Å². The van der Waals surface area contributed by atoms with E-state index < -0.39 is 17.8 Å². The lowest BCUT2D eigenvalue weighted by Crippen LogP contribution is -2.46. The number of anilines is 1. The topological polar surface area (TPSA) is 105 Å². The van der Waals surface area contributed by atoms with Crippen LogP contribution in [-0.4, -0.2) is 33.6 Å². The Bertz CT molecular complexity index is 1110. The predicted molar refractivity (Wildman–Crippen MR) is 129 cm³/mol. The van der Waals surface area contributed by atoms with Crippen molar-refractivity contribution in [2.24, 2.45) is 0 Å². The molecule has 1 aromatic carbocycles. The van der Waals surface area contributed by atoms with Crippen molar-refractivity contribution in [1.29, 1.82) is 0 Å². The number of furan rings is 1. The molecule has 3 amide bonds. The van der Waals surface area contributed by atoms with Crippen molar-refractivity contribution in [1.82, 2.24) is 15.2 Å². The van der Waals surface area contributed by atoms with E-state index in [-0.39, 0.29) is 37.2 Å². The Balaban J connectivity index is 1.56. The largest absolute Gasteiger partial charge is 0.467 e. The van der Waals surface area contributed by atoms with Crippen LogP contribution in [0.5, 0.6) is 0 Å². The summed E-state index contributed by atoms with van der Waals surface area (Å²) < 4.78 is 19.1. The first-order valence-corrected chi connectivity index (χ1v) is 12.4. The van der Waals surface area contributed by atoms with Gasteiger partial charge in [-0.25, -0.2) is 9.37 Å². The van der Waals surface area contributed by atoms with Gasteiger partial charge in [0.25, 0.3) is 0 Å². The van der Waals surface area contributed by atoms with Crippen molar-refractivity contribution >= 4 is 34.2 Å². The van der Waals surface area contributed by atoms with Gasteiger partial charge in [-0.15, -0.1) is 11.3 Å². The molecule has 0 bridgehead atoms.